The van der Waals surface area contributed by atoms with E-state index >= 15 is 0 Å². The molecule has 0 aliphatic rings. The number of aryl methyl sites for hydroxylation is 1. The monoisotopic (exact) mass is 244 g/mol. The average molecular weight is 244 g/mol. The van der Waals surface area contributed by atoms with Gasteiger partial charge in [-0.1, -0.05) is 32.0 Å². The molecule has 98 valence electrons. The van der Waals surface area contributed by atoms with E-state index in [1.807, 2.05) is 0 Å². The van der Waals surface area contributed by atoms with Crippen molar-refractivity contribution in [2.45, 2.75) is 33.2 Å². The van der Waals surface area contributed by atoms with Crippen LogP contribution in [0.15, 0.2) is 24.3 Å². The van der Waals surface area contributed by atoms with Crippen LogP contribution in [0, 0.1) is 12.8 Å². The molecule has 0 amide bonds. The van der Waals surface area contributed by atoms with Gasteiger partial charge >= 0.3 is 0 Å². The van der Waals surface area contributed by atoms with Gasteiger partial charge in [-0.05, 0) is 37.9 Å². The van der Waals surface area contributed by atoms with Gasteiger partial charge in [0.05, 0.1) is 0 Å². The molecular weight excluding hydrogens is 220 g/mol. The predicted molar refractivity (Wildman–Crippen MR) is 79.0 cm³/mol. The molecule has 1 aromatic heterocycles. The maximum Gasteiger partial charge on any atom is 0.0482 e. The lowest BCUT2D eigenvalue weighted by Crippen LogP contribution is -2.32. The number of fused-ring (bicyclic) bond motifs is 1. The van der Waals surface area contributed by atoms with E-state index in [-0.39, 0.29) is 0 Å². The number of aromatic nitrogens is 1. The second-order valence-electron chi connectivity index (χ2n) is 5.48. The Morgan fingerprint density at radius 3 is 2.50 bits per heavy atom. The maximum atomic E-state index is 3.44. The molecule has 2 nitrogen and oxygen atoms in total. The van der Waals surface area contributed by atoms with Crippen molar-refractivity contribution >= 4 is 10.9 Å². The molecule has 0 spiro atoms. The zero-order chi connectivity index (χ0) is 13.3. The number of para-hydroxylation sites is 1. The first kappa shape index (κ1) is 13.2. The summed E-state index contributed by atoms with van der Waals surface area (Å²) >= 11 is 0. The SMILES string of the molecule is CNC(Cc1c(C)n(C)c2ccccc12)C(C)C. The van der Waals surface area contributed by atoms with E-state index in [2.05, 4.69) is 69.0 Å². The van der Waals surface area contributed by atoms with Crippen LogP contribution >= 0.6 is 0 Å². The topological polar surface area (TPSA) is 17.0 Å². The third-order valence-corrected chi connectivity index (χ3v) is 4.13. The normalized spacial score (nSPS) is 13.4. The van der Waals surface area contributed by atoms with Crippen molar-refractivity contribution in [3.05, 3.63) is 35.5 Å². The molecule has 1 atom stereocenters. The molecule has 2 aromatic rings. The zero-order valence-corrected chi connectivity index (χ0v) is 12.1. The Balaban J connectivity index is 2.47. The molecule has 1 N–H and O–H groups in total. The van der Waals surface area contributed by atoms with Crippen molar-refractivity contribution < 1.29 is 0 Å². The molecule has 0 aliphatic carbocycles. The second kappa shape index (κ2) is 5.15. The fourth-order valence-electron chi connectivity index (χ4n) is 2.75. The van der Waals surface area contributed by atoms with Crippen LogP contribution in [0.25, 0.3) is 10.9 Å². The first-order valence-corrected chi connectivity index (χ1v) is 6.76. The highest BCUT2D eigenvalue weighted by Crippen LogP contribution is 2.26. The van der Waals surface area contributed by atoms with Gasteiger partial charge in [0.25, 0.3) is 0 Å². The van der Waals surface area contributed by atoms with E-state index in [4.69, 9.17) is 0 Å². The van der Waals surface area contributed by atoms with Gasteiger partial charge < -0.3 is 9.88 Å². The number of likely N-dealkylation sites (N-methyl/N-ethyl adjacent to an activating group) is 1. The summed E-state index contributed by atoms with van der Waals surface area (Å²) in [4.78, 5) is 0. The molecule has 0 bridgehead atoms. The molecule has 18 heavy (non-hydrogen) atoms. The Morgan fingerprint density at radius 1 is 1.22 bits per heavy atom. The summed E-state index contributed by atoms with van der Waals surface area (Å²) in [5.41, 5.74) is 4.21. The third-order valence-electron chi connectivity index (χ3n) is 4.13. The van der Waals surface area contributed by atoms with Crippen LogP contribution in [-0.4, -0.2) is 17.7 Å². The zero-order valence-electron chi connectivity index (χ0n) is 12.1. The van der Waals surface area contributed by atoms with Gasteiger partial charge in [-0.3, -0.25) is 0 Å². The van der Waals surface area contributed by atoms with Crippen molar-refractivity contribution in [2.75, 3.05) is 7.05 Å². The van der Waals surface area contributed by atoms with E-state index in [0.29, 0.717) is 12.0 Å². The van der Waals surface area contributed by atoms with Gasteiger partial charge in [-0.15, -0.1) is 0 Å². The lowest BCUT2D eigenvalue weighted by Gasteiger charge is -2.20. The summed E-state index contributed by atoms with van der Waals surface area (Å²) in [5.74, 6) is 0.647. The molecule has 2 heteroatoms. The van der Waals surface area contributed by atoms with E-state index in [1.54, 1.807) is 0 Å². The Kier molecular flexibility index (Phi) is 3.76. The molecule has 0 fully saturated rings. The van der Waals surface area contributed by atoms with Crippen LogP contribution in [0.2, 0.25) is 0 Å². The minimum atomic E-state index is 0.537. The first-order valence-electron chi connectivity index (χ1n) is 6.76. The standard InChI is InChI=1S/C16H24N2/c1-11(2)15(17-4)10-14-12(3)18(5)16-9-7-6-8-13(14)16/h6-9,11,15,17H,10H2,1-5H3. The van der Waals surface area contributed by atoms with Gasteiger partial charge in [0.15, 0.2) is 0 Å². The number of benzene rings is 1. The van der Waals surface area contributed by atoms with Gasteiger partial charge in [0, 0.05) is 29.7 Å². The molecule has 0 saturated carbocycles. The number of nitrogens with zero attached hydrogens (tertiary/aromatic N) is 1. The number of hydrogen-bond donors (Lipinski definition) is 1. The Bertz CT molecular complexity index is 537. The summed E-state index contributed by atoms with van der Waals surface area (Å²) in [6, 6.07) is 9.23. The van der Waals surface area contributed by atoms with Crippen LogP contribution in [0.3, 0.4) is 0 Å². The maximum absolute atomic E-state index is 3.44. The highest BCUT2D eigenvalue weighted by Gasteiger charge is 2.17. The number of hydrogen-bond acceptors (Lipinski definition) is 1. The highest BCUT2D eigenvalue weighted by atomic mass is 14.9. The van der Waals surface area contributed by atoms with Crippen molar-refractivity contribution in [2.24, 2.45) is 13.0 Å². The summed E-state index contributed by atoms with van der Waals surface area (Å²) in [5, 5.41) is 4.84. The van der Waals surface area contributed by atoms with Crippen molar-refractivity contribution in [3.8, 4) is 0 Å². The third kappa shape index (κ3) is 2.17. The van der Waals surface area contributed by atoms with Gasteiger partial charge in [-0.2, -0.15) is 0 Å². The summed E-state index contributed by atoms with van der Waals surface area (Å²) in [7, 11) is 4.22. The van der Waals surface area contributed by atoms with Crippen LogP contribution in [0.5, 0.6) is 0 Å². The fourth-order valence-corrected chi connectivity index (χ4v) is 2.75. The van der Waals surface area contributed by atoms with Gasteiger partial charge in [-0.25, -0.2) is 0 Å². The van der Waals surface area contributed by atoms with E-state index in [9.17, 15) is 0 Å². The fraction of sp³-hybridized carbons (Fsp3) is 0.500. The van der Waals surface area contributed by atoms with E-state index in [1.165, 1.54) is 22.2 Å². The van der Waals surface area contributed by atoms with Crippen LogP contribution < -0.4 is 5.32 Å². The van der Waals surface area contributed by atoms with Gasteiger partial charge in [0.2, 0.25) is 0 Å². The Hall–Kier alpha value is -1.28. The molecule has 0 radical (unpaired) electrons. The summed E-state index contributed by atoms with van der Waals surface area (Å²) in [6.45, 7) is 6.78. The van der Waals surface area contributed by atoms with Crippen molar-refractivity contribution in [3.63, 3.8) is 0 Å². The predicted octanol–water partition coefficient (Wildman–Crippen LogP) is 3.27. The first-order chi connectivity index (χ1) is 8.56. The molecule has 1 aromatic carbocycles. The Labute approximate surface area is 110 Å². The number of nitrogens with one attached hydrogen (secondary N) is 1. The Morgan fingerprint density at radius 2 is 1.89 bits per heavy atom. The van der Waals surface area contributed by atoms with Gasteiger partial charge in [0.1, 0.15) is 0 Å². The lowest BCUT2D eigenvalue weighted by atomic mass is 9.95. The smallest absolute Gasteiger partial charge is 0.0482 e. The molecular formula is C16H24N2. The largest absolute Gasteiger partial charge is 0.348 e. The van der Waals surface area contributed by atoms with Crippen molar-refractivity contribution in [1.29, 1.82) is 0 Å². The molecule has 2 rings (SSSR count). The number of rotatable bonds is 4. The molecule has 0 aliphatic heterocycles. The average Bonchev–Trinajstić information content (AvgIpc) is 2.60. The van der Waals surface area contributed by atoms with Crippen LogP contribution in [0.1, 0.15) is 25.1 Å². The van der Waals surface area contributed by atoms with Crippen molar-refractivity contribution in [1.82, 2.24) is 9.88 Å². The molecule has 1 unspecified atom stereocenters. The van der Waals surface area contributed by atoms with Crippen LogP contribution in [0.4, 0.5) is 0 Å². The highest BCUT2D eigenvalue weighted by molar-refractivity contribution is 5.85. The second-order valence-corrected chi connectivity index (χ2v) is 5.48. The molecule has 1 heterocycles. The summed E-state index contributed by atoms with van der Waals surface area (Å²) < 4.78 is 2.30. The summed E-state index contributed by atoms with van der Waals surface area (Å²) in [6.07, 6.45) is 1.10. The van der Waals surface area contributed by atoms with E-state index in [0.717, 1.165) is 6.42 Å². The van der Waals surface area contributed by atoms with Crippen LogP contribution in [-0.2, 0) is 13.5 Å². The minimum Gasteiger partial charge on any atom is -0.348 e. The minimum absolute atomic E-state index is 0.537. The van der Waals surface area contributed by atoms with E-state index < -0.39 is 0 Å². The lowest BCUT2D eigenvalue weighted by molar-refractivity contribution is 0.424. The molecule has 0 saturated heterocycles. The quantitative estimate of drug-likeness (QED) is 0.873.